The first-order valence-electron chi connectivity index (χ1n) is 5.51. The van der Waals surface area contributed by atoms with E-state index in [4.69, 9.17) is 0 Å². The van der Waals surface area contributed by atoms with Crippen LogP contribution < -0.4 is 4.72 Å². The first-order chi connectivity index (χ1) is 9.35. The average Bonchev–Trinajstić information content (AvgIpc) is 2.75. The maximum absolute atomic E-state index is 13.0. The molecule has 0 saturated carbocycles. The minimum Gasteiger partial charge on any atom is -0.391 e. The van der Waals surface area contributed by atoms with Crippen molar-refractivity contribution in [3.8, 4) is 0 Å². The molecule has 1 aromatic heterocycles. The van der Waals surface area contributed by atoms with Crippen molar-refractivity contribution in [3.63, 3.8) is 0 Å². The molecule has 0 radical (unpaired) electrons. The molecule has 0 unspecified atom stereocenters. The molecule has 8 heteroatoms. The normalized spacial score (nSPS) is 11.6. The summed E-state index contributed by atoms with van der Waals surface area (Å²) in [6.45, 7) is 1.31. The lowest BCUT2D eigenvalue weighted by atomic mass is 10.3. The fraction of sp³-hybridized carbons (Fsp3) is 0.167. The number of nitrogens with one attached hydrogen (secondary N) is 1. The van der Waals surface area contributed by atoms with Gasteiger partial charge in [0.05, 0.1) is 17.2 Å². The number of hydrogen-bond donors (Lipinski definition) is 2. The zero-order valence-electron chi connectivity index (χ0n) is 10.4. The van der Waals surface area contributed by atoms with E-state index >= 15 is 0 Å². The van der Waals surface area contributed by atoms with Crippen LogP contribution in [0.2, 0.25) is 0 Å². The topological polar surface area (TPSA) is 66.4 Å². The molecule has 0 atom stereocenters. The lowest BCUT2D eigenvalue weighted by Gasteiger charge is -2.11. The second kappa shape index (κ2) is 5.80. The van der Waals surface area contributed by atoms with E-state index in [9.17, 15) is 17.9 Å². The molecule has 4 nitrogen and oxygen atoms in total. The van der Waals surface area contributed by atoms with Gasteiger partial charge < -0.3 is 5.11 Å². The van der Waals surface area contributed by atoms with Gasteiger partial charge in [0, 0.05) is 4.47 Å². The summed E-state index contributed by atoms with van der Waals surface area (Å²) < 4.78 is 40.4. The monoisotopic (exact) mass is 379 g/mol. The largest absolute Gasteiger partial charge is 0.391 e. The molecule has 2 aromatic rings. The number of anilines is 1. The summed E-state index contributed by atoms with van der Waals surface area (Å²) in [4.78, 5) is 0.439. The van der Waals surface area contributed by atoms with Crippen LogP contribution in [0.1, 0.15) is 10.4 Å². The van der Waals surface area contributed by atoms with E-state index in [2.05, 4.69) is 20.7 Å². The van der Waals surface area contributed by atoms with E-state index < -0.39 is 15.8 Å². The molecular weight excluding hydrogens is 369 g/mol. The van der Waals surface area contributed by atoms with Crippen molar-refractivity contribution in [2.24, 2.45) is 0 Å². The SMILES string of the molecule is Cc1csc(CO)c1S(=O)(=O)Nc1ccc(F)cc1Br. The maximum atomic E-state index is 13.0. The van der Waals surface area contributed by atoms with E-state index in [1.807, 2.05) is 0 Å². The number of benzene rings is 1. The Morgan fingerprint density at radius 3 is 2.75 bits per heavy atom. The Morgan fingerprint density at radius 2 is 2.15 bits per heavy atom. The molecular formula is C12H11BrFNO3S2. The first kappa shape index (κ1) is 15.4. The van der Waals surface area contributed by atoms with Crippen LogP contribution in [0.4, 0.5) is 10.1 Å². The Balaban J connectivity index is 2.43. The third-order valence-corrected chi connectivity index (χ3v) is 6.05. The molecule has 0 fully saturated rings. The number of sulfonamides is 1. The second-order valence-electron chi connectivity index (χ2n) is 4.06. The second-order valence-corrected chi connectivity index (χ2v) is 7.50. The zero-order valence-corrected chi connectivity index (χ0v) is 13.6. The standard InChI is InChI=1S/C12H11BrFNO3S2/c1-7-6-19-11(5-16)12(7)20(17,18)15-10-3-2-8(14)4-9(10)13/h2-4,6,15-16H,5H2,1H3. The van der Waals surface area contributed by atoms with Gasteiger partial charge in [-0.05, 0) is 52.0 Å². The maximum Gasteiger partial charge on any atom is 0.263 e. The molecule has 1 aromatic carbocycles. The lowest BCUT2D eigenvalue weighted by Crippen LogP contribution is -2.15. The van der Waals surface area contributed by atoms with E-state index in [1.54, 1.807) is 12.3 Å². The van der Waals surface area contributed by atoms with Gasteiger partial charge in [0.2, 0.25) is 0 Å². The Kier molecular flexibility index (Phi) is 4.48. The predicted molar refractivity (Wildman–Crippen MR) is 79.9 cm³/mol. The van der Waals surface area contributed by atoms with Gasteiger partial charge in [-0.15, -0.1) is 11.3 Å². The van der Waals surface area contributed by atoms with Gasteiger partial charge >= 0.3 is 0 Å². The number of thiophene rings is 1. The predicted octanol–water partition coefficient (Wildman–Crippen LogP) is 3.25. The van der Waals surface area contributed by atoms with Gasteiger partial charge in [-0.25, -0.2) is 12.8 Å². The number of aliphatic hydroxyl groups is 1. The Hall–Kier alpha value is -0.960. The Bertz CT molecular complexity index is 743. The summed E-state index contributed by atoms with van der Waals surface area (Å²) in [5.74, 6) is -0.470. The van der Waals surface area contributed by atoms with Gasteiger partial charge in [0.15, 0.2) is 0 Å². The summed E-state index contributed by atoms with van der Waals surface area (Å²) in [7, 11) is -3.83. The van der Waals surface area contributed by atoms with E-state index in [0.717, 1.165) is 6.07 Å². The lowest BCUT2D eigenvalue weighted by molar-refractivity contribution is 0.282. The molecule has 108 valence electrons. The smallest absolute Gasteiger partial charge is 0.263 e. The van der Waals surface area contributed by atoms with Crippen molar-refractivity contribution in [3.05, 3.63) is 44.3 Å². The van der Waals surface area contributed by atoms with Crippen LogP contribution in [0.15, 0.2) is 32.9 Å². The highest BCUT2D eigenvalue weighted by atomic mass is 79.9. The average molecular weight is 380 g/mol. The van der Waals surface area contributed by atoms with Crippen LogP contribution in [0, 0.1) is 12.7 Å². The highest BCUT2D eigenvalue weighted by molar-refractivity contribution is 9.10. The number of aryl methyl sites for hydroxylation is 1. The Labute approximate surface area is 128 Å². The van der Waals surface area contributed by atoms with Crippen molar-refractivity contribution in [2.45, 2.75) is 18.4 Å². The van der Waals surface area contributed by atoms with Crippen LogP contribution in [0.25, 0.3) is 0 Å². The summed E-state index contributed by atoms with van der Waals surface area (Å²) in [6, 6.07) is 3.67. The van der Waals surface area contributed by atoms with Gasteiger partial charge in [0.25, 0.3) is 10.0 Å². The van der Waals surface area contributed by atoms with Gasteiger partial charge in [0.1, 0.15) is 10.7 Å². The van der Waals surface area contributed by atoms with Crippen LogP contribution >= 0.6 is 27.3 Å². The number of rotatable bonds is 4. The van der Waals surface area contributed by atoms with E-state index in [-0.39, 0.29) is 17.2 Å². The first-order valence-corrected chi connectivity index (χ1v) is 8.66. The zero-order chi connectivity index (χ0) is 14.9. The van der Waals surface area contributed by atoms with Crippen molar-refractivity contribution in [2.75, 3.05) is 4.72 Å². The third kappa shape index (κ3) is 3.03. The highest BCUT2D eigenvalue weighted by Crippen LogP contribution is 2.31. The summed E-state index contributed by atoms with van der Waals surface area (Å²) in [5.41, 5.74) is 0.797. The van der Waals surface area contributed by atoms with Crippen LogP contribution in [-0.2, 0) is 16.6 Å². The molecule has 2 N–H and O–H groups in total. The third-order valence-electron chi connectivity index (χ3n) is 2.58. The van der Waals surface area contributed by atoms with Crippen LogP contribution in [-0.4, -0.2) is 13.5 Å². The van der Waals surface area contributed by atoms with Gasteiger partial charge in [-0.3, -0.25) is 4.72 Å². The number of aliphatic hydroxyl groups excluding tert-OH is 1. The quantitative estimate of drug-likeness (QED) is 0.856. The minimum atomic E-state index is -3.83. The molecule has 0 amide bonds. The minimum absolute atomic E-state index is 0.0706. The molecule has 2 rings (SSSR count). The van der Waals surface area contributed by atoms with Crippen molar-refractivity contribution in [1.82, 2.24) is 0 Å². The van der Waals surface area contributed by atoms with Crippen molar-refractivity contribution < 1.29 is 17.9 Å². The molecule has 0 aliphatic carbocycles. The summed E-state index contributed by atoms with van der Waals surface area (Å²) in [6.07, 6.45) is 0. The molecule has 1 heterocycles. The fourth-order valence-corrected chi connectivity index (χ4v) is 5.05. The molecule has 0 aliphatic rings. The van der Waals surface area contributed by atoms with Crippen molar-refractivity contribution >= 4 is 43.0 Å². The number of halogens is 2. The van der Waals surface area contributed by atoms with Gasteiger partial charge in [-0.1, -0.05) is 0 Å². The summed E-state index contributed by atoms with van der Waals surface area (Å²) in [5, 5.41) is 10.9. The molecule has 0 aliphatic heterocycles. The van der Waals surface area contributed by atoms with Crippen LogP contribution in [0.5, 0.6) is 0 Å². The fourth-order valence-electron chi connectivity index (χ4n) is 1.73. The molecule has 0 saturated heterocycles. The Morgan fingerprint density at radius 1 is 1.45 bits per heavy atom. The summed E-state index contributed by atoms with van der Waals surface area (Å²) >= 11 is 4.28. The van der Waals surface area contributed by atoms with E-state index in [0.29, 0.717) is 14.9 Å². The van der Waals surface area contributed by atoms with E-state index in [1.165, 1.54) is 23.5 Å². The van der Waals surface area contributed by atoms with Crippen molar-refractivity contribution in [1.29, 1.82) is 0 Å². The van der Waals surface area contributed by atoms with Crippen LogP contribution in [0.3, 0.4) is 0 Å². The molecule has 20 heavy (non-hydrogen) atoms. The van der Waals surface area contributed by atoms with Gasteiger partial charge in [-0.2, -0.15) is 0 Å². The molecule has 0 bridgehead atoms. The highest BCUT2D eigenvalue weighted by Gasteiger charge is 2.23. The number of hydrogen-bond acceptors (Lipinski definition) is 4. The molecule has 0 spiro atoms.